The fraction of sp³-hybridized carbons (Fsp3) is 0.562. The number of ketones is 1. The summed E-state index contributed by atoms with van der Waals surface area (Å²) in [7, 11) is 0. The van der Waals surface area contributed by atoms with E-state index in [1.807, 2.05) is 13.8 Å². The third-order valence-electron chi connectivity index (χ3n) is 3.55. The van der Waals surface area contributed by atoms with Gasteiger partial charge in [0.05, 0.1) is 5.56 Å². The Labute approximate surface area is 118 Å². The maximum atomic E-state index is 12.9. The second-order valence-electron chi connectivity index (χ2n) is 5.11. The molecule has 20 heavy (non-hydrogen) atoms. The topological polar surface area (TPSA) is 17.1 Å². The van der Waals surface area contributed by atoms with Crippen molar-refractivity contribution < 1.29 is 18.0 Å². The largest absolute Gasteiger partial charge is 0.416 e. The van der Waals surface area contributed by atoms with Crippen LogP contribution in [0.4, 0.5) is 13.2 Å². The van der Waals surface area contributed by atoms with Crippen molar-refractivity contribution in [3.8, 4) is 0 Å². The lowest BCUT2D eigenvalue weighted by molar-refractivity contribution is -0.138. The van der Waals surface area contributed by atoms with E-state index in [9.17, 15) is 18.0 Å². The van der Waals surface area contributed by atoms with Crippen LogP contribution in [0.3, 0.4) is 0 Å². The van der Waals surface area contributed by atoms with Crippen molar-refractivity contribution in [3.05, 3.63) is 34.9 Å². The third-order valence-corrected chi connectivity index (χ3v) is 3.55. The number of hydrogen-bond acceptors (Lipinski definition) is 1. The molecule has 0 bridgehead atoms. The highest BCUT2D eigenvalue weighted by Crippen LogP contribution is 2.34. The average Bonchev–Trinajstić information content (AvgIpc) is 2.36. The van der Waals surface area contributed by atoms with E-state index in [1.54, 1.807) is 0 Å². The van der Waals surface area contributed by atoms with E-state index in [4.69, 9.17) is 0 Å². The van der Waals surface area contributed by atoms with Crippen LogP contribution in [0.25, 0.3) is 0 Å². The second-order valence-corrected chi connectivity index (χ2v) is 5.11. The van der Waals surface area contributed by atoms with E-state index in [1.165, 1.54) is 19.1 Å². The van der Waals surface area contributed by atoms with Gasteiger partial charge >= 0.3 is 6.18 Å². The number of hydrogen-bond donors (Lipinski definition) is 0. The molecular weight excluding hydrogens is 265 g/mol. The van der Waals surface area contributed by atoms with Gasteiger partial charge in [-0.2, -0.15) is 13.2 Å². The number of carbonyl (C=O) groups is 1. The maximum absolute atomic E-state index is 12.9. The number of benzene rings is 1. The van der Waals surface area contributed by atoms with Crippen molar-refractivity contribution in [2.24, 2.45) is 5.92 Å². The van der Waals surface area contributed by atoms with E-state index in [-0.39, 0.29) is 22.8 Å². The molecule has 0 spiro atoms. The molecule has 1 aromatic carbocycles. The Kier molecular flexibility index (Phi) is 5.78. The summed E-state index contributed by atoms with van der Waals surface area (Å²) in [6.45, 7) is 5.34. The molecule has 4 heteroatoms. The van der Waals surface area contributed by atoms with Gasteiger partial charge in [0.15, 0.2) is 5.78 Å². The highest BCUT2D eigenvalue weighted by Gasteiger charge is 2.34. The molecule has 0 radical (unpaired) electrons. The maximum Gasteiger partial charge on any atom is 0.416 e. The Balaban J connectivity index is 3.16. The lowest BCUT2D eigenvalue weighted by atomic mass is 9.87. The van der Waals surface area contributed by atoms with Gasteiger partial charge in [-0.1, -0.05) is 38.8 Å². The summed E-state index contributed by atoms with van der Waals surface area (Å²) in [5.74, 6) is -0.329. The molecule has 0 heterocycles. The van der Waals surface area contributed by atoms with Crippen LogP contribution in [-0.4, -0.2) is 5.78 Å². The fourth-order valence-corrected chi connectivity index (χ4v) is 2.53. The van der Waals surface area contributed by atoms with Gasteiger partial charge in [0, 0.05) is 11.5 Å². The SMILES string of the molecule is CCCC(CCC)C(=O)c1cccc(C(F)(F)F)c1C. The number of alkyl halides is 3. The summed E-state index contributed by atoms with van der Waals surface area (Å²) in [5, 5.41) is 0. The van der Waals surface area contributed by atoms with Gasteiger partial charge in [-0.05, 0) is 31.4 Å². The van der Waals surface area contributed by atoms with Crippen molar-refractivity contribution in [1.29, 1.82) is 0 Å². The second kappa shape index (κ2) is 6.91. The highest BCUT2D eigenvalue weighted by molar-refractivity contribution is 5.99. The van der Waals surface area contributed by atoms with Crippen molar-refractivity contribution in [2.45, 2.75) is 52.6 Å². The summed E-state index contributed by atoms with van der Waals surface area (Å²) in [6.07, 6.45) is -1.25. The van der Waals surface area contributed by atoms with Crippen LogP contribution in [0.15, 0.2) is 18.2 Å². The van der Waals surface area contributed by atoms with Crippen molar-refractivity contribution in [1.82, 2.24) is 0 Å². The van der Waals surface area contributed by atoms with E-state index >= 15 is 0 Å². The highest BCUT2D eigenvalue weighted by atomic mass is 19.4. The number of halogens is 3. The van der Waals surface area contributed by atoms with Crippen LogP contribution in [0, 0.1) is 12.8 Å². The molecule has 0 fully saturated rings. The lowest BCUT2D eigenvalue weighted by Gasteiger charge is -2.18. The first kappa shape index (κ1) is 16.7. The molecule has 0 aliphatic rings. The summed E-state index contributed by atoms with van der Waals surface area (Å²) in [6, 6.07) is 3.85. The Morgan fingerprint density at radius 3 is 2.15 bits per heavy atom. The minimum atomic E-state index is -4.41. The van der Waals surface area contributed by atoms with Gasteiger partial charge in [0.2, 0.25) is 0 Å². The molecule has 0 saturated heterocycles. The summed E-state index contributed by atoms with van der Waals surface area (Å²) < 4.78 is 38.6. The molecule has 0 aliphatic carbocycles. The van der Waals surface area contributed by atoms with E-state index in [0.29, 0.717) is 0 Å². The summed E-state index contributed by atoms with van der Waals surface area (Å²) in [5.41, 5.74) is -0.455. The van der Waals surface area contributed by atoms with Crippen molar-refractivity contribution in [2.75, 3.05) is 0 Å². The zero-order valence-electron chi connectivity index (χ0n) is 12.2. The summed E-state index contributed by atoms with van der Waals surface area (Å²) >= 11 is 0. The molecule has 0 atom stereocenters. The molecule has 1 rings (SSSR count). The van der Waals surface area contributed by atoms with E-state index in [0.717, 1.165) is 31.7 Å². The van der Waals surface area contributed by atoms with Crippen LogP contribution >= 0.6 is 0 Å². The third kappa shape index (κ3) is 3.84. The first-order chi connectivity index (χ1) is 9.32. The van der Waals surface area contributed by atoms with E-state index in [2.05, 4.69) is 0 Å². The van der Waals surface area contributed by atoms with Gasteiger partial charge in [-0.15, -0.1) is 0 Å². The van der Waals surface area contributed by atoms with Crippen LogP contribution in [-0.2, 0) is 6.18 Å². The molecule has 0 aliphatic heterocycles. The average molecular weight is 286 g/mol. The van der Waals surface area contributed by atoms with Gasteiger partial charge in [-0.3, -0.25) is 4.79 Å². The van der Waals surface area contributed by atoms with Crippen molar-refractivity contribution in [3.63, 3.8) is 0 Å². The fourth-order valence-electron chi connectivity index (χ4n) is 2.53. The Hall–Kier alpha value is -1.32. The van der Waals surface area contributed by atoms with E-state index < -0.39 is 11.7 Å². The molecule has 0 aromatic heterocycles. The summed E-state index contributed by atoms with van der Waals surface area (Å²) in [4.78, 5) is 12.5. The Morgan fingerprint density at radius 2 is 1.70 bits per heavy atom. The number of carbonyl (C=O) groups excluding carboxylic acids is 1. The molecule has 1 aromatic rings. The predicted molar refractivity (Wildman–Crippen MR) is 73.8 cm³/mol. The number of rotatable bonds is 6. The van der Waals surface area contributed by atoms with Gasteiger partial charge in [0.25, 0.3) is 0 Å². The first-order valence-corrected chi connectivity index (χ1v) is 7.03. The van der Waals surface area contributed by atoms with Gasteiger partial charge < -0.3 is 0 Å². The minimum absolute atomic E-state index is 0.0437. The molecule has 0 saturated carbocycles. The molecule has 112 valence electrons. The zero-order chi connectivity index (χ0) is 15.3. The molecule has 1 nitrogen and oxygen atoms in total. The molecule has 0 unspecified atom stereocenters. The molecule has 0 amide bonds. The standard InChI is InChI=1S/C16H21F3O/c1-4-7-12(8-5-2)15(20)13-9-6-10-14(11(13)3)16(17,18)19/h6,9-10,12H,4-5,7-8H2,1-3H3. The van der Waals surface area contributed by atoms with Gasteiger partial charge in [0.1, 0.15) is 0 Å². The molecular formula is C16H21F3O. The van der Waals surface area contributed by atoms with Gasteiger partial charge in [-0.25, -0.2) is 0 Å². The Morgan fingerprint density at radius 1 is 1.15 bits per heavy atom. The smallest absolute Gasteiger partial charge is 0.294 e. The monoisotopic (exact) mass is 286 g/mol. The van der Waals surface area contributed by atoms with Crippen LogP contribution < -0.4 is 0 Å². The van der Waals surface area contributed by atoms with Crippen LogP contribution in [0.2, 0.25) is 0 Å². The lowest BCUT2D eigenvalue weighted by Crippen LogP contribution is -2.18. The number of Topliss-reactive ketones (excluding diaryl/α,β-unsaturated/α-hetero) is 1. The van der Waals surface area contributed by atoms with Crippen LogP contribution in [0.1, 0.15) is 61.0 Å². The van der Waals surface area contributed by atoms with Crippen LogP contribution in [0.5, 0.6) is 0 Å². The zero-order valence-corrected chi connectivity index (χ0v) is 12.2. The minimum Gasteiger partial charge on any atom is -0.294 e. The quantitative estimate of drug-likeness (QED) is 0.639. The van der Waals surface area contributed by atoms with Crippen molar-refractivity contribution >= 4 is 5.78 Å². The Bertz CT molecular complexity index is 457. The normalized spacial score (nSPS) is 11.9. The molecule has 0 N–H and O–H groups in total. The first-order valence-electron chi connectivity index (χ1n) is 7.03. The predicted octanol–water partition coefficient (Wildman–Crippen LogP) is 5.41.